The van der Waals surface area contributed by atoms with Crippen molar-refractivity contribution >= 4 is 17.9 Å². The largest absolute Gasteiger partial charge is 0.280 e. The maximum atomic E-state index is 4.17. The van der Waals surface area contributed by atoms with Gasteiger partial charge in [-0.15, -0.1) is 10.2 Å². The van der Waals surface area contributed by atoms with Crippen molar-refractivity contribution in [1.82, 2.24) is 15.8 Å². The summed E-state index contributed by atoms with van der Waals surface area (Å²) in [4.78, 5) is 8.28. The lowest BCUT2D eigenvalue weighted by molar-refractivity contribution is 0.818. The molecule has 0 atom stereocenters. The van der Waals surface area contributed by atoms with Crippen molar-refractivity contribution in [3.63, 3.8) is 0 Å². The molecule has 0 aliphatic carbocycles. The molecule has 1 aliphatic rings. The molecule has 6 nitrogen and oxygen atoms in total. The highest BCUT2D eigenvalue weighted by Gasteiger charge is 2.12. The maximum Gasteiger partial charge on any atom is 0.193 e. The number of aromatic nitrogens is 1. The Kier molecular flexibility index (Phi) is 4.17. The molecule has 0 radical (unpaired) electrons. The fourth-order valence-electron chi connectivity index (χ4n) is 1.30. The molecule has 2 heterocycles. The van der Waals surface area contributed by atoms with Crippen LogP contribution in [-0.4, -0.2) is 22.9 Å². The van der Waals surface area contributed by atoms with Crippen LogP contribution < -0.4 is 10.9 Å². The summed E-state index contributed by atoms with van der Waals surface area (Å²) in [6.45, 7) is 5.71. The number of amidine groups is 2. The fourth-order valence-corrected chi connectivity index (χ4v) is 1.30. The molecule has 2 rings (SSSR count). The van der Waals surface area contributed by atoms with Crippen LogP contribution in [0.15, 0.2) is 64.0 Å². The second kappa shape index (κ2) is 6.25. The molecule has 0 saturated carbocycles. The molecule has 19 heavy (non-hydrogen) atoms. The Hall–Kier alpha value is -2.76. The third-order valence-electron chi connectivity index (χ3n) is 2.24. The smallest absolute Gasteiger partial charge is 0.193 e. The van der Waals surface area contributed by atoms with Crippen molar-refractivity contribution in [2.75, 3.05) is 0 Å². The summed E-state index contributed by atoms with van der Waals surface area (Å²) in [7, 11) is 0. The monoisotopic (exact) mass is 254 g/mol. The van der Waals surface area contributed by atoms with E-state index in [1.165, 1.54) is 0 Å². The van der Waals surface area contributed by atoms with Crippen molar-refractivity contribution in [3.8, 4) is 0 Å². The van der Waals surface area contributed by atoms with Gasteiger partial charge >= 0.3 is 0 Å². The van der Waals surface area contributed by atoms with Crippen LogP contribution in [0.5, 0.6) is 0 Å². The standard InChI is InChI=1S/C13H14N6/c1-3-4-8-14-10(2)12-16-18-13(19-17-12)11-7-5-6-9-15-11/h3-9H,2H2,1H3,(H,16,17)(H,18,19)/b4-3-,14-8-. The van der Waals surface area contributed by atoms with Crippen LogP contribution in [0.1, 0.15) is 12.6 Å². The third kappa shape index (κ3) is 3.35. The molecule has 0 bridgehead atoms. The summed E-state index contributed by atoms with van der Waals surface area (Å²) in [6, 6.07) is 5.56. The van der Waals surface area contributed by atoms with Gasteiger partial charge in [0, 0.05) is 12.4 Å². The molecule has 1 aliphatic heterocycles. The molecule has 96 valence electrons. The second-order valence-electron chi connectivity index (χ2n) is 3.61. The molecule has 0 aromatic carbocycles. The lowest BCUT2D eigenvalue weighted by Crippen LogP contribution is -2.45. The fraction of sp³-hybridized carbons (Fsp3) is 0.0769. The van der Waals surface area contributed by atoms with Crippen LogP contribution in [0.25, 0.3) is 0 Å². The third-order valence-corrected chi connectivity index (χ3v) is 2.24. The Bertz CT molecular complexity index is 568. The Morgan fingerprint density at radius 2 is 2.21 bits per heavy atom. The number of hydrogen-bond acceptors (Lipinski definition) is 6. The molecule has 2 N–H and O–H groups in total. The summed E-state index contributed by atoms with van der Waals surface area (Å²) >= 11 is 0. The molecular weight excluding hydrogens is 240 g/mol. The highest BCUT2D eigenvalue weighted by Crippen LogP contribution is 2.01. The number of allylic oxidation sites excluding steroid dienone is 2. The van der Waals surface area contributed by atoms with Gasteiger partial charge in [-0.05, 0) is 25.1 Å². The molecule has 0 amide bonds. The van der Waals surface area contributed by atoms with E-state index < -0.39 is 0 Å². The van der Waals surface area contributed by atoms with Crippen LogP contribution in [0.4, 0.5) is 0 Å². The van der Waals surface area contributed by atoms with E-state index in [2.05, 4.69) is 37.6 Å². The lowest BCUT2D eigenvalue weighted by atomic mass is 10.3. The summed E-state index contributed by atoms with van der Waals surface area (Å²) < 4.78 is 0. The number of nitrogens with one attached hydrogen (secondary N) is 2. The van der Waals surface area contributed by atoms with Crippen LogP contribution >= 0.6 is 0 Å². The number of aliphatic imine (C=N–C) groups is 1. The summed E-state index contributed by atoms with van der Waals surface area (Å²) in [6.07, 6.45) is 7.02. The quantitative estimate of drug-likeness (QED) is 0.798. The average molecular weight is 254 g/mol. The van der Waals surface area contributed by atoms with Crippen molar-refractivity contribution in [2.45, 2.75) is 6.92 Å². The van der Waals surface area contributed by atoms with Gasteiger partial charge in [-0.3, -0.25) is 20.8 Å². The van der Waals surface area contributed by atoms with Crippen molar-refractivity contribution < 1.29 is 0 Å². The van der Waals surface area contributed by atoms with Gasteiger partial charge in [0.05, 0.1) is 0 Å². The van der Waals surface area contributed by atoms with Crippen LogP contribution in [0.3, 0.4) is 0 Å². The van der Waals surface area contributed by atoms with E-state index in [9.17, 15) is 0 Å². The van der Waals surface area contributed by atoms with Gasteiger partial charge in [-0.2, -0.15) is 0 Å². The zero-order valence-electron chi connectivity index (χ0n) is 10.5. The van der Waals surface area contributed by atoms with E-state index in [-0.39, 0.29) is 0 Å². The lowest BCUT2D eigenvalue weighted by Gasteiger charge is -2.15. The molecule has 1 aromatic rings. The highest BCUT2D eigenvalue weighted by molar-refractivity contribution is 6.05. The number of nitrogens with zero attached hydrogens (tertiary/aromatic N) is 4. The van der Waals surface area contributed by atoms with E-state index in [0.717, 1.165) is 0 Å². The number of pyridine rings is 1. The molecule has 0 unspecified atom stereocenters. The zero-order chi connectivity index (χ0) is 13.5. The van der Waals surface area contributed by atoms with Gasteiger partial charge in [-0.25, -0.2) is 0 Å². The van der Waals surface area contributed by atoms with Crippen LogP contribution in [0.2, 0.25) is 0 Å². The van der Waals surface area contributed by atoms with Gasteiger partial charge in [0.2, 0.25) is 0 Å². The highest BCUT2D eigenvalue weighted by atomic mass is 15.5. The Balaban J connectivity index is 2.10. The molecule has 0 spiro atoms. The predicted octanol–water partition coefficient (Wildman–Crippen LogP) is 1.41. The molecule has 1 aromatic heterocycles. The summed E-state index contributed by atoms with van der Waals surface area (Å²) in [5.74, 6) is 1.02. The van der Waals surface area contributed by atoms with Crippen molar-refractivity contribution in [2.24, 2.45) is 15.2 Å². The molecule has 0 saturated heterocycles. The first-order chi connectivity index (χ1) is 9.31. The van der Waals surface area contributed by atoms with Crippen molar-refractivity contribution in [3.05, 3.63) is 54.5 Å². The second-order valence-corrected chi connectivity index (χ2v) is 3.61. The van der Waals surface area contributed by atoms with E-state index in [1.807, 2.05) is 37.3 Å². The zero-order valence-corrected chi connectivity index (χ0v) is 10.5. The molecule has 6 heteroatoms. The first kappa shape index (κ1) is 12.7. The Morgan fingerprint density at radius 1 is 1.32 bits per heavy atom. The predicted molar refractivity (Wildman–Crippen MR) is 76.9 cm³/mol. The minimum Gasteiger partial charge on any atom is -0.280 e. The Labute approximate surface area is 111 Å². The van der Waals surface area contributed by atoms with E-state index >= 15 is 0 Å². The SMILES string of the molecule is C=C(/N=C\C=C/C)C1=NN=C(c2ccccn2)NN1. The van der Waals surface area contributed by atoms with Gasteiger partial charge in [0.1, 0.15) is 11.4 Å². The Morgan fingerprint density at radius 3 is 2.84 bits per heavy atom. The first-order valence-corrected chi connectivity index (χ1v) is 5.75. The van der Waals surface area contributed by atoms with E-state index in [1.54, 1.807) is 12.4 Å². The average Bonchev–Trinajstić information content (AvgIpc) is 2.48. The minimum absolute atomic E-state index is 0.473. The van der Waals surface area contributed by atoms with Gasteiger partial charge in [0.15, 0.2) is 11.7 Å². The first-order valence-electron chi connectivity index (χ1n) is 5.75. The van der Waals surface area contributed by atoms with Gasteiger partial charge in [-0.1, -0.05) is 18.7 Å². The normalized spacial score (nSPS) is 14.8. The van der Waals surface area contributed by atoms with Gasteiger partial charge in [0.25, 0.3) is 0 Å². The number of hydrazine groups is 1. The van der Waals surface area contributed by atoms with Crippen LogP contribution in [-0.2, 0) is 0 Å². The summed E-state index contributed by atoms with van der Waals surface area (Å²) in [5, 5.41) is 8.07. The van der Waals surface area contributed by atoms with Gasteiger partial charge < -0.3 is 0 Å². The topological polar surface area (TPSA) is 74.0 Å². The molecular formula is C13H14N6. The number of rotatable bonds is 4. The van der Waals surface area contributed by atoms with E-state index in [0.29, 0.717) is 23.1 Å². The van der Waals surface area contributed by atoms with E-state index in [4.69, 9.17) is 0 Å². The van der Waals surface area contributed by atoms with Crippen LogP contribution in [0, 0.1) is 0 Å². The number of hydrogen-bond donors (Lipinski definition) is 2. The van der Waals surface area contributed by atoms with Crippen molar-refractivity contribution in [1.29, 1.82) is 0 Å². The summed E-state index contributed by atoms with van der Waals surface area (Å²) in [5.41, 5.74) is 7.00. The maximum absolute atomic E-state index is 4.17. The molecule has 0 fully saturated rings. The minimum atomic E-state index is 0.473.